The molecular weight excluding hydrogens is 366 g/mol. The smallest absolute Gasteiger partial charge is 0.154 e. The summed E-state index contributed by atoms with van der Waals surface area (Å²) in [6.45, 7) is 0. The van der Waals surface area contributed by atoms with Gasteiger partial charge >= 0.3 is 0 Å². The largest absolute Gasteiger partial charge is 0.311 e. The molecule has 1 heterocycles. The highest BCUT2D eigenvalue weighted by Crippen LogP contribution is 2.34. The van der Waals surface area contributed by atoms with E-state index in [0.29, 0.717) is 10.8 Å². The first-order valence-corrected chi connectivity index (χ1v) is 9.34. The van der Waals surface area contributed by atoms with Gasteiger partial charge in [0.2, 0.25) is 0 Å². The predicted octanol–water partition coefficient (Wildman–Crippen LogP) is 6.96. The molecule has 0 unspecified atom stereocenters. The molecule has 0 saturated heterocycles. The average Bonchev–Trinajstić information content (AvgIpc) is 2.76. The highest BCUT2D eigenvalue weighted by molar-refractivity contribution is 6.31. The van der Waals surface area contributed by atoms with E-state index in [4.69, 9.17) is 11.6 Å². The van der Waals surface area contributed by atoms with Crippen molar-refractivity contribution in [1.82, 2.24) is 4.98 Å². The van der Waals surface area contributed by atoms with E-state index in [-0.39, 0.29) is 0 Å². The van der Waals surface area contributed by atoms with Gasteiger partial charge in [-0.3, -0.25) is 4.99 Å². The van der Waals surface area contributed by atoms with E-state index in [1.54, 1.807) is 12.4 Å². The quantitative estimate of drug-likeness (QED) is 0.275. The Morgan fingerprint density at radius 1 is 0.679 bits per heavy atom. The Balaban J connectivity index is 1.64. The van der Waals surface area contributed by atoms with Crippen molar-refractivity contribution >= 4 is 40.6 Å². The van der Waals surface area contributed by atoms with Crippen molar-refractivity contribution in [2.45, 2.75) is 0 Å². The maximum atomic E-state index is 6.06. The van der Waals surface area contributed by atoms with Crippen LogP contribution in [0.4, 0.5) is 22.7 Å². The molecule has 4 rings (SSSR count). The third-order valence-electron chi connectivity index (χ3n) is 4.27. The summed E-state index contributed by atoms with van der Waals surface area (Å²) in [5.74, 6) is 0. The van der Waals surface area contributed by atoms with Crippen molar-refractivity contribution in [3.05, 3.63) is 114 Å². The molecule has 0 spiro atoms. The topological polar surface area (TPSA) is 28.5 Å². The molecule has 0 N–H and O–H groups in total. The van der Waals surface area contributed by atoms with Crippen molar-refractivity contribution in [2.24, 2.45) is 4.99 Å². The summed E-state index contributed by atoms with van der Waals surface area (Å²) >= 11 is 6.06. The van der Waals surface area contributed by atoms with Gasteiger partial charge in [-0.25, -0.2) is 4.98 Å². The Kier molecular flexibility index (Phi) is 5.46. The van der Waals surface area contributed by atoms with Gasteiger partial charge in [-0.05, 0) is 54.1 Å². The molecule has 0 aliphatic heterocycles. The molecule has 0 radical (unpaired) electrons. The number of rotatable bonds is 5. The molecule has 3 aromatic carbocycles. The Morgan fingerprint density at radius 3 is 1.82 bits per heavy atom. The van der Waals surface area contributed by atoms with Crippen LogP contribution in [0.15, 0.2) is 108 Å². The second-order valence-corrected chi connectivity index (χ2v) is 6.53. The molecule has 0 aliphatic rings. The highest BCUT2D eigenvalue weighted by atomic mass is 35.5. The van der Waals surface area contributed by atoms with Gasteiger partial charge < -0.3 is 4.90 Å². The van der Waals surface area contributed by atoms with E-state index in [9.17, 15) is 0 Å². The second kappa shape index (κ2) is 8.51. The first-order chi connectivity index (χ1) is 13.8. The van der Waals surface area contributed by atoms with Crippen LogP contribution in [0.1, 0.15) is 5.56 Å². The summed E-state index contributed by atoms with van der Waals surface area (Å²) in [6, 6.07) is 32.6. The number of hydrogen-bond acceptors (Lipinski definition) is 3. The van der Waals surface area contributed by atoms with E-state index in [0.717, 1.165) is 22.6 Å². The summed E-state index contributed by atoms with van der Waals surface area (Å²) in [5.41, 5.74) is 4.94. The van der Waals surface area contributed by atoms with Gasteiger partial charge in [-0.15, -0.1) is 0 Å². The van der Waals surface area contributed by atoms with Crippen molar-refractivity contribution in [2.75, 3.05) is 4.90 Å². The summed E-state index contributed by atoms with van der Waals surface area (Å²) in [5, 5.41) is 0.398. The van der Waals surface area contributed by atoms with Gasteiger partial charge in [-0.2, -0.15) is 0 Å². The first kappa shape index (κ1) is 18.0. The fourth-order valence-electron chi connectivity index (χ4n) is 2.93. The minimum atomic E-state index is 0.398. The number of halogens is 1. The Morgan fingerprint density at radius 2 is 1.25 bits per heavy atom. The molecule has 0 saturated carbocycles. The lowest BCUT2D eigenvalue weighted by Crippen LogP contribution is -2.09. The molecule has 0 atom stereocenters. The summed E-state index contributed by atoms with van der Waals surface area (Å²) in [7, 11) is 0. The SMILES string of the molecule is Clc1ncccc1N=Cc1ccc(N(c2ccccc2)c2ccccc2)cc1. The molecule has 0 fully saturated rings. The standard InChI is InChI=1S/C24H18ClN3/c25-24-23(12-7-17-26-24)27-18-19-13-15-22(16-14-19)28(20-8-3-1-4-9-20)21-10-5-2-6-11-21/h1-18H. The average molecular weight is 384 g/mol. The number of para-hydroxylation sites is 2. The van der Waals surface area contributed by atoms with Gasteiger partial charge in [0.1, 0.15) is 5.69 Å². The van der Waals surface area contributed by atoms with Crippen LogP contribution >= 0.6 is 11.6 Å². The second-order valence-electron chi connectivity index (χ2n) is 6.17. The number of hydrogen-bond donors (Lipinski definition) is 0. The molecule has 1 aromatic heterocycles. The van der Waals surface area contributed by atoms with E-state index in [1.165, 1.54) is 0 Å². The van der Waals surface area contributed by atoms with Crippen LogP contribution in [-0.4, -0.2) is 11.2 Å². The van der Waals surface area contributed by atoms with Gasteiger partial charge in [0, 0.05) is 29.5 Å². The van der Waals surface area contributed by atoms with Crippen molar-refractivity contribution < 1.29 is 0 Å². The first-order valence-electron chi connectivity index (χ1n) is 8.96. The minimum absolute atomic E-state index is 0.398. The predicted molar refractivity (Wildman–Crippen MR) is 118 cm³/mol. The molecule has 28 heavy (non-hydrogen) atoms. The molecule has 3 nitrogen and oxygen atoms in total. The number of benzene rings is 3. The molecule has 0 bridgehead atoms. The highest BCUT2D eigenvalue weighted by Gasteiger charge is 2.11. The van der Waals surface area contributed by atoms with Crippen LogP contribution in [0.3, 0.4) is 0 Å². The van der Waals surface area contributed by atoms with Crippen LogP contribution in [0, 0.1) is 0 Å². The molecule has 0 amide bonds. The summed E-state index contributed by atoms with van der Waals surface area (Å²) < 4.78 is 0. The zero-order chi connectivity index (χ0) is 19.2. The molecule has 4 heteroatoms. The zero-order valence-electron chi connectivity index (χ0n) is 15.1. The van der Waals surface area contributed by atoms with Gasteiger partial charge in [0.25, 0.3) is 0 Å². The lowest BCUT2D eigenvalue weighted by Gasteiger charge is -2.25. The lowest BCUT2D eigenvalue weighted by atomic mass is 10.1. The summed E-state index contributed by atoms with van der Waals surface area (Å²) in [4.78, 5) is 10.7. The number of pyridine rings is 1. The van der Waals surface area contributed by atoms with Crippen LogP contribution < -0.4 is 4.90 Å². The van der Waals surface area contributed by atoms with Crippen LogP contribution in [0.2, 0.25) is 5.15 Å². The third kappa shape index (κ3) is 4.11. The number of aliphatic imine (C=N–C) groups is 1. The van der Waals surface area contributed by atoms with E-state index in [2.05, 4.69) is 51.3 Å². The van der Waals surface area contributed by atoms with Gasteiger partial charge in [0.05, 0.1) is 0 Å². The monoisotopic (exact) mass is 383 g/mol. The number of anilines is 3. The molecule has 4 aromatic rings. The van der Waals surface area contributed by atoms with Crippen LogP contribution in [0.5, 0.6) is 0 Å². The van der Waals surface area contributed by atoms with E-state index < -0.39 is 0 Å². The minimum Gasteiger partial charge on any atom is -0.311 e. The maximum absolute atomic E-state index is 6.06. The lowest BCUT2D eigenvalue weighted by molar-refractivity contribution is 1.28. The molecule has 0 aliphatic carbocycles. The number of aromatic nitrogens is 1. The zero-order valence-corrected chi connectivity index (χ0v) is 15.9. The number of nitrogens with zero attached hydrogens (tertiary/aromatic N) is 3. The Bertz CT molecular complexity index is 1020. The molecule has 136 valence electrons. The van der Waals surface area contributed by atoms with Crippen molar-refractivity contribution in [3.63, 3.8) is 0 Å². The fourth-order valence-corrected chi connectivity index (χ4v) is 3.10. The maximum Gasteiger partial charge on any atom is 0.154 e. The van der Waals surface area contributed by atoms with Crippen molar-refractivity contribution in [3.8, 4) is 0 Å². The Hall–Kier alpha value is -3.43. The normalized spacial score (nSPS) is 10.9. The van der Waals surface area contributed by atoms with E-state index in [1.807, 2.05) is 60.7 Å². The fraction of sp³-hybridized carbons (Fsp3) is 0. The Labute approximate surface area is 169 Å². The molecular formula is C24H18ClN3. The van der Waals surface area contributed by atoms with Gasteiger partial charge in [0.15, 0.2) is 5.15 Å². The third-order valence-corrected chi connectivity index (χ3v) is 4.56. The summed E-state index contributed by atoms with van der Waals surface area (Å²) in [6.07, 6.45) is 3.44. The van der Waals surface area contributed by atoms with Crippen LogP contribution in [-0.2, 0) is 0 Å². The van der Waals surface area contributed by atoms with E-state index >= 15 is 0 Å². The van der Waals surface area contributed by atoms with Gasteiger partial charge in [-0.1, -0.05) is 60.1 Å². The van der Waals surface area contributed by atoms with Crippen LogP contribution in [0.25, 0.3) is 0 Å². The van der Waals surface area contributed by atoms with Crippen molar-refractivity contribution in [1.29, 1.82) is 0 Å².